The van der Waals surface area contributed by atoms with Crippen molar-refractivity contribution in [3.05, 3.63) is 29.3 Å². The van der Waals surface area contributed by atoms with Gasteiger partial charge in [-0.1, -0.05) is 24.6 Å². The predicted octanol–water partition coefficient (Wildman–Crippen LogP) is 2.55. The molecule has 1 aromatic carbocycles. The predicted molar refractivity (Wildman–Crippen MR) is 84.4 cm³/mol. The third-order valence-corrected chi connectivity index (χ3v) is 4.42. The highest BCUT2D eigenvalue weighted by atomic mass is 35.5. The van der Waals surface area contributed by atoms with Crippen molar-refractivity contribution in [2.45, 2.75) is 26.4 Å². The topological polar surface area (TPSA) is 55.6 Å². The Labute approximate surface area is 131 Å². The van der Waals surface area contributed by atoms with Crippen molar-refractivity contribution >= 4 is 17.5 Å². The number of piperidine rings is 1. The summed E-state index contributed by atoms with van der Waals surface area (Å²) >= 11 is 5.92. The van der Waals surface area contributed by atoms with Crippen LogP contribution in [0.5, 0.6) is 5.75 Å². The molecule has 1 fully saturated rings. The molecule has 116 valence electrons. The van der Waals surface area contributed by atoms with Crippen LogP contribution in [0.3, 0.4) is 0 Å². The summed E-state index contributed by atoms with van der Waals surface area (Å²) < 4.78 is 5.70. The van der Waals surface area contributed by atoms with Gasteiger partial charge in [0.25, 0.3) is 5.91 Å². The Bertz CT molecular complexity index is 495. The zero-order chi connectivity index (χ0) is 15.4. The van der Waals surface area contributed by atoms with Gasteiger partial charge in [0.15, 0.2) is 6.10 Å². The van der Waals surface area contributed by atoms with E-state index in [4.69, 9.17) is 22.1 Å². The maximum absolute atomic E-state index is 12.5. The molecule has 5 heteroatoms. The largest absolute Gasteiger partial charge is 0.481 e. The van der Waals surface area contributed by atoms with Crippen LogP contribution in [0, 0.1) is 11.8 Å². The maximum atomic E-state index is 12.5. The normalized spacial score (nSPS) is 23.7. The van der Waals surface area contributed by atoms with Gasteiger partial charge in [-0.25, -0.2) is 0 Å². The van der Waals surface area contributed by atoms with E-state index >= 15 is 0 Å². The minimum absolute atomic E-state index is 0.0142. The summed E-state index contributed by atoms with van der Waals surface area (Å²) in [6.45, 7) is 6.10. The number of carbonyl (C=O) groups excluding carboxylic acids is 1. The van der Waals surface area contributed by atoms with Crippen molar-refractivity contribution in [2.75, 3.05) is 19.6 Å². The van der Waals surface area contributed by atoms with Crippen LogP contribution in [0.25, 0.3) is 0 Å². The second-order valence-electron chi connectivity index (χ2n) is 5.76. The fraction of sp³-hybridized carbons (Fsp3) is 0.562. The molecule has 3 unspecified atom stereocenters. The van der Waals surface area contributed by atoms with Crippen LogP contribution in [-0.2, 0) is 4.79 Å². The molecule has 0 saturated carbocycles. The van der Waals surface area contributed by atoms with Gasteiger partial charge in [0.2, 0.25) is 0 Å². The first-order chi connectivity index (χ1) is 10.0. The fourth-order valence-corrected chi connectivity index (χ4v) is 2.89. The number of nitrogens with two attached hydrogens (primary N) is 1. The number of hydrogen-bond donors (Lipinski definition) is 1. The van der Waals surface area contributed by atoms with Gasteiger partial charge in [0.1, 0.15) is 5.75 Å². The molecule has 1 saturated heterocycles. The van der Waals surface area contributed by atoms with E-state index in [0.717, 1.165) is 19.5 Å². The van der Waals surface area contributed by atoms with E-state index in [-0.39, 0.29) is 5.91 Å². The van der Waals surface area contributed by atoms with Crippen molar-refractivity contribution in [3.63, 3.8) is 0 Å². The van der Waals surface area contributed by atoms with Crippen molar-refractivity contribution in [1.29, 1.82) is 0 Å². The molecule has 21 heavy (non-hydrogen) atoms. The van der Waals surface area contributed by atoms with Gasteiger partial charge in [0.05, 0.1) is 0 Å². The molecule has 4 nitrogen and oxygen atoms in total. The molecule has 2 N–H and O–H groups in total. The molecular weight excluding hydrogens is 288 g/mol. The molecule has 0 spiro atoms. The maximum Gasteiger partial charge on any atom is 0.263 e. The molecule has 1 aliphatic heterocycles. The number of halogens is 1. The highest BCUT2D eigenvalue weighted by molar-refractivity contribution is 6.30. The molecule has 1 aliphatic rings. The second kappa shape index (κ2) is 7.14. The Kier molecular flexibility index (Phi) is 5.48. The van der Waals surface area contributed by atoms with Gasteiger partial charge >= 0.3 is 0 Å². The number of hydrogen-bond acceptors (Lipinski definition) is 3. The zero-order valence-electron chi connectivity index (χ0n) is 12.6. The molecule has 0 aliphatic carbocycles. The average Bonchev–Trinajstić information content (AvgIpc) is 2.47. The summed E-state index contributed by atoms with van der Waals surface area (Å²) in [6, 6.07) is 7.10. The number of ether oxygens (including phenoxy) is 1. The summed E-state index contributed by atoms with van der Waals surface area (Å²) in [4.78, 5) is 14.4. The van der Waals surface area contributed by atoms with E-state index in [2.05, 4.69) is 6.92 Å². The summed E-state index contributed by atoms with van der Waals surface area (Å²) in [6.07, 6.45) is 0.479. The van der Waals surface area contributed by atoms with E-state index in [1.54, 1.807) is 25.1 Å². The summed E-state index contributed by atoms with van der Waals surface area (Å²) in [5.41, 5.74) is 5.79. The highest BCUT2D eigenvalue weighted by Crippen LogP contribution is 2.24. The van der Waals surface area contributed by atoms with Crippen LogP contribution in [0.15, 0.2) is 24.3 Å². The summed E-state index contributed by atoms with van der Waals surface area (Å²) in [7, 11) is 0. The molecule has 1 amide bonds. The zero-order valence-corrected chi connectivity index (χ0v) is 13.3. The second-order valence-corrected chi connectivity index (χ2v) is 6.20. The third kappa shape index (κ3) is 4.11. The van der Waals surface area contributed by atoms with E-state index < -0.39 is 6.10 Å². The first kappa shape index (κ1) is 16.1. The lowest BCUT2D eigenvalue weighted by Gasteiger charge is -2.37. The van der Waals surface area contributed by atoms with Gasteiger partial charge < -0.3 is 15.4 Å². The van der Waals surface area contributed by atoms with E-state index in [1.165, 1.54) is 0 Å². The van der Waals surface area contributed by atoms with Gasteiger partial charge in [-0.3, -0.25) is 4.79 Å². The molecule has 1 aromatic rings. The van der Waals surface area contributed by atoms with E-state index in [0.29, 0.717) is 29.2 Å². The molecule has 0 radical (unpaired) electrons. The first-order valence-electron chi connectivity index (χ1n) is 7.42. The van der Waals surface area contributed by atoms with Crippen molar-refractivity contribution < 1.29 is 9.53 Å². The number of amides is 1. The van der Waals surface area contributed by atoms with E-state index in [1.807, 2.05) is 11.0 Å². The minimum atomic E-state index is -0.518. The number of benzene rings is 1. The third-order valence-electron chi connectivity index (χ3n) is 4.19. The lowest BCUT2D eigenvalue weighted by atomic mass is 9.87. The van der Waals surface area contributed by atoms with Crippen LogP contribution in [0.4, 0.5) is 0 Å². The number of carbonyl (C=O) groups is 1. The van der Waals surface area contributed by atoms with E-state index in [9.17, 15) is 4.79 Å². The number of nitrogens with zero attached hydrogens (tertiary/aromatic N) is 1. The van der Waals surface area contributed by atoms with Crippen LogP contribution in [0.2, 0.25) is 5.02 Å². The lowest BCUT2D eigenvalue weighted by molar-refractivity contribution is -0.140. The first-order valence-corrected chi connectivity index (χ1v) is 7.80. The van der Waals surface area contributed by atoms with Crippen molar-refractivity contribution in [3.8, 4) is 5.75 Å². The molecule has 3 atom stereocenters. The van der Waals surface area contributed by atoms with Gasteiger partial charge in [-0.2, -0.15) is 0 Å². The van der Waals surface area contributed by atoms with Gasteiger partial charge in [0, 0.05) is 18.1 Å². The monoisotopic (exact) mass is 310 g/mol. The summed E-state index contributed by atoms with van der Waals surface area (Å²) in [5, 5.41) is 0.599. The quantitative estimate of drug-likeness (QED) is 0.930. The molecular formula is C16H23ClN2O2. The standard InChI is InChI=1S/C16H23ClN2O2/c1-11-6-7-19(10-13(11)9-18)16(20)12(2)21-15-5-3-4-14(17)8-15/h3-5,8,11-13H,6-7,9-10,18H2,1-2H3. The van der Waals surface area contributed by atoms with Crippen LogP contribution < -0.4 is 10.5 Å². The minimum Gasteiger partial charge on any atom is -0.481 e. The van der Waals surface area contributed by atoms with Crippen LogP contribution >= 0.6 is 11.6 Å². The lowest BCUT2D eigenvalue weighted by Crippen LogP contribution is -2.49. The fourth-order valence-electron chi connectivity index (χ4n) is 2.71. The smallest absolute Gasteiger partial charge is 0.263 e. The average molecular weight is 311 g/mol. The van der Waals surface area contributed by atoms with Crippen molar-refractivity contribution in [1.82, 2.24) is 4.90 Å². The SMILES string of the molecule is CC(Oc1cccc(Cl)c1)C(=O)N1CCC(C)C(CN)C1. The Morgan fingerprint density at radius 1 is 1.57 bits per heavy atom. The number of likely N-dealkylation sites (tertiary alicyclic amines) is 1. The Morgan fingerprint density at radius 2 is 2.33 bits per heavy atom. The number of rotatable bonds is 4. The highest BCUT2D eigenvalue weighted by Gasteiger charge is 2.30. The van der Waals surface area contributed by atoms with Crippen molar-refractivity contribution in [2.24, 2.45) is 17.6 Å². The summed E-state index contributed by atoms with van der Waals surface area (Å²) in [5.74, 6) is 1.58. The molecule has 2 rings (SSSR count). The van der Waals surface area contributed by atoms with Crippen LogP contribution in [-0.4, -0.2) is 36.5 Å². The Balaban J connectivity index is 1.96. The molecule has 0 bridgehead atoms. The van der Waals surface area contributed by atoms with Crippen LogP contribution in [0.1, 0.15) is 20.3 Å². The van der Waals surface area contributed by atoms with Gasteiger partial charge in [-0.05, 0) is 49.9 Å². The molecule has 0 aromatic heterocycles. The molecule has 1 heterocycles. The Morgan fingerprint density at radius 3 is 3.00 bits per heavy atom. The Hall–Kier alpha value is -1.26. The van der Waals surface area contributed by atoms with Gasteiger partial charge in [-0.15, -0.1) is 0 Å².